The molecule has 0 aliphatic heterocycles. The van der Waals surface area contributed by atoms with Crippen molar-refractivity contribution < 1.29 is 32.9 Å². The van der Waals surface area contributed by atoms with Crippen LogP contribution in [0.4, 0.5) is 0 Å². The number of nitrogens with zero attached hydrogens (tertiary/aromatic N) is 1. The summed E-state index contributed by atoms with van der Waals surface area (Å²) >= 11 is 0. The third kappa shape index (κ3) is 51.5. The molecule has 9 heteroatoms. The van der Waals surface area contributed by atoms with E-state index in [1.165, 1.54) is 128 Å². The smallest absolute Gasteiger partial charge is 0.387 e. The largest absolute Gasteiger partial charge is 0.472 e. The minimum absolute atomic E-state index is 0.0441. The van der Waals surface area contributed by atoms with Crippen LogP contribution < -0.4 is 5.32 Å². The first-order valence-corrected chi connectivity index (χ1v) is 29.5. The molecule has 68 heavy (non-hydrogen) atoms. The number of allylic oxidation sites excluding steroid dienone is 13. The summed E-state index contributed by atoms with van der Waals surface area (Å²) in [5.74, 6) is -0.216. The van der Waals surface area contributed by atoms with Gasteiger partial charge in [-0.05, 0) is 83.5 Å². The second-order valence-electron chi connectivity index (χ2n) is 19.9. The Morgan fingerprint density at radius 2 is 0.897 bits per heavy atom. The van der Waals surface area contributed by atoms with Gasteiger partial charge >= 0.3 is 7.82 Å². The zero-order chi connectivity index (χ0) is 49.9. The SMILES string of the molecule is CC/C=C\C/C=C\C/C=C\C/C=C\CCCCCCC(=O)NC(COP(=O)(O)OCC[N+](C)(C)C)C(O)/C=C/CC/C=C/CC/C=C/CCCCCCCCCCCCCCCCCCCCC. The van der Waals surface area contributed by atoms with Crippen LogP contribution >= 0.6 is 7.82 Å². The van der Waals surface area contributed by atoms with Crippen molar-refractivity contribution in [3.63, 3.8) is 0 Å². The fraction of sp³-hybridized carbons (Fsp3) is 0.746. The standard InChI is InChI=1S/C59H107N2O6P/c1-6-8-10-12-14-16-18-20-22-24-25-26-27-28-29-30-31-32-33-34-35-37-38-40-42-44-46-48-50-52-58(62)57(56-67-68(64,65)66-55-54-61(3,4)5)60-59(63)53-51-49-47-45-43-41-39-36-23-21-19-17-15-13-11-9-7-2/h9,11,15,17,21,23,35,37,39,41-42,44,50,52,57-58,62H,6-8,10,12-14,16,18-20,22,24-34,36,38,40,43,45-49,51,53-56H2,1-5H3,(H-,60,63,64,65)/p+1/b11-9-,17-15-,23-21-,37-35+,41-39-,44-42+,52-50+. The number of phosphoric acid groups is 1. The number of carbonyl (C=O) groups excluding carboxylic acids is 1. The molecule has 0 radical (unpaired) electrons. The fourth-order valence-corrected chi connectivity index (χ4v) is 8.45. The molecule has 3 N–H and O–H groups in total. The summed E-state index contributed by atoms with van der Waals surface area (Å²) in [5.41, 5.74) is 0. The second-order valence-corrected chi connectivity index (χ2v) is 21.4. The lowest BCUT2D eigenvalue weighted by Crippen LogP contribution is -2.45. The molecule has 8 nitrogen and oxygen atoms in total. The maximum Gasteiger partial charge on any atom is 0.472 e. The van der Waals surface area contributed by atoms with E-state index >= 15 is 0 Å². The van der Waals surface area contributed by atoms with E-state index in [9.17, 15) is 19.4 Å². The lowest BCUT2D eigenvalue weighted by molar-refractivity contribution is -0.870. The van der Waals surface area contributed by atoms with Gasteiger partial charge in [-0.25, -0.2) is 4.57 Å². The number of hydrogen-bond donors (Lipinski definition) is 3. The molecule has 3 unspecified atom stereocenters. The van der Waals surface area contributed by atoms with Crippen molar-refractivity contribution in [3.8, 4) is 0 Å². The summed E-state index contributed by atoms with van der Waals surface area (Å²) in [4.78, 5) is 23.2. The summed E-state index contributed by atoms with van der Waals surface area (Å²) < 4.78 is 23.6. The molecule has 0 aromatic heterocycles. The van der Waals surface area contributed by atoms with E-state index in [4.69, 9.17) is 9.05 Å². The highest BCUT2D eigenvalue weighted by Crippen LogP contribution is 2.43. The van der Waals surface area contributed by atoms with Crippen molar-refractivity contribution in [2.75, 3.05) is 40.9 Å². The van der Waals surface area contributed by atoms with Crippen LogP contribution in [0.1, 0.15) is 232 Å². The monoisotopic (exact) mass is 972 g/mol. The second kappa shape index (κ2) is 49.7. The number of phosphoric ester groups is 1. The number of amides is 1. The highest BCUT2D eigenvalue weighted by molar-refractivity contribution is 7.47. The number of likely N-dealkylation sites (N-methyl/N-ethyl adjacent to an activating group) is 1. The number of quaternary nitrogens is 1. The van der Waals surface area contributed by atoms with Crippen molar-refractivity contribution in [2.24, 2.45) is 0 Å². The van der Waals surface area contributed by atoms with E-state index in [2.05, 4.69) is 92.1 Å². The van der Waals surface area contributed by atoms with Crippen LogP contribution in [0.25, 0.3) is 0 Å². The first-order valence-electron chi connectivity index (χ1n) is 28.0. The molecule has 0 heterocycles. The normalized spacial score (nSPS) is 14.6. The minimum atomic E-state index is -4.37. The van der Waals surface area contributed by atoms with Crippen LogP contribution in [0.5, 0.6) is 0 Å². The van der Waals surface area contributed by atoms with Crippen LogP contribution in [0.3, 0.4) is 0 Å². The molecule has 0 bridgehead atoms. The predicted molar refractivity (Wildman–Crippen MR) is 295 cm³/mol. The molecule has 1 amide bonds. The van der Waals surface area contributed by atoms with Gasteiger partial charge in [0.15, 0.2) is 0 Å². The Morgan fingerprint density at radius 3 is 1.35 bits per heavy atom. The first-order chi connectivity index (χ1) is 33.0. The van der Waals surface area contributed by atoms with Crippen molar-refractivity contribution in [3.05, 3.63) is 85.1 Å². The summed E-state index contributed by atoms with van der Waals surface area (Å²) in [6.07, 6.45) is 69.8. The molecule has 0 saturated carbocycles. The Labute approximate surface area is 420 Å². The third-order valence-corrected chi connectivity index (χ3v) is 13.1. The minimum Gasteiger partial charge on any atom is -0.387 e. The van der Waals surface area contributed by atoms with Gasteiger partial charge in [-0.3, -0.25) is 13.8 Å². The third-order valence-electron chi connectivity index (χ3n) is 12.1. The van der Waals surface area contributed by atoms with Crippen LogP contribution in [-0.4, -0.2) is 73.4 Å². The van der Waals surface area contributed by atoms with Gasteiger partial charge in [0.2, 0.25) is 5.91 Å². The van der Waals surface area contributed by atoms with Gasteiger partial charge in [-0.1, -0.05) is 227 Å². The zero-order valence-electron chi connectivity index (χ0n) is 44.8. The highest BCUT2D eigenvalue weighted by Gasteiger charge is 2.27. The van der Waals surface area contributed by atoms with Gasteiger partial charge in [0.05, 0.1) is 39.9 Å². The van der Waals surface area contributed by atoms with Crippen LogP contribution in [0, 0.1) is 0 Å². The quantitative estimate of drug-likeness (QED) is 0.0243. The van der Waals surface area contributed by atoms with Crippen LogP contribution in [0.2, 0.25) is 0 Å². The fourth-order valence-electron chi connectivity index (χ4n) is 7.71. The molecule has 0 fully saturated rings. The number of rotatable bonds is 50. The van der Waals surface area contributed by atoms with E-state index in [0.717, 1.165) is 83.5 Å². The molecule has 394 valence electrons. The van der Waals surface area contributed by atoms with E-state index in [1.807, 2.05) is 27.2 Å². The number of nitrogens with one attached hydrogen (secondary N) is 1. The van der Waals surface area contributed by atoms with Gasteiger partial charge < -0.3 is 19.8 Å². The molecular formula is C59H108N2O6P+. The van der Waals surface area contributed by atoms with Gasteiger partial charge in [0, 0.05) is 6.42 Å². The Bertz CT molecular complexity index is 1380. The molecule has 0 aliphatic carbocycles. The van der Waals surface area contributed by atoms with Crippen LogP contribution in [-0.2, 0) is 18.4 Å². The lowest BCUT2D eigenvalue weighted by Gasteiger charge is -2.25. The Hall–Kier alpha value is -2.32. The average molecular weight is 972 g/mol. The van der Waals surface area contributed by atoms with Gasteiger partial charge in [-0.15, -0.1) is 0 Å². The number of hydrogen-bond acceptors (Lipinski definition) is 5. The Balaban J connectivity index is 4.31. The summed E-state index contributed by atoms with van der Waals surface area (Å²) in [6, 6.07) is -0.888. The van der Waals surface area contributed by atoms with E-state index < -0.39 is 20.0 Å². The predicted octanol–water partition coefficient (Wildman–Crippen LogP) is 16.9. The number of unbranched alkanes of at least 4 members (excludes halogenated alkanes) is 25. The molecule has 0 rings (SSSR count). The lowest BCUT2D eigenvalue weighted by atomic mass is 10.0. The van der Waals surface area contributed by atoms with E-state index in [1.54, 1.807) is 6.08 Å². The van der Waals surface area contributed by atoms with Crippen LogP contribution in [0.15, 0.2) is 85.1 Å². The van der Waals surface area contributed by atoms with Crippen molar-refractivity contribution >= 4 is 13.7 Å². The van der Waals surface area contributed by atoms with E-state index in [0.29, 0.717) is 17.4 Å². The topological polar surface area (TPSA) is 105 Å². The molecule has 0 aliphatic rings. The molecule has 0 spiro atoms. The van der Waals surface area contributed by atoms with Gasteiger partial charge in [0.1, 0.15) is 13.2 Å². The molecule has 0 aromatic carbocycles. The zero-order valence-corrected chi connectivity index (χ0v) is 45.7. The van der Waals surface area contributed by atoms with Crippen molar-refractivity contribution in [1.29, 1.82) is 0 Å². The van der Waals surface area contributed by atoms with Gasteiger partial charge in [0.25, 0.3) is 0 Å². The summed E-state index contributed by atoms with van der Waals surface area (Å²) in [5, 5.41) is 13.9. The molecule has 0 aromatic rings. The maximum absolute atomic E-state index is 12.9. The highest BCUT2D eigenvalue weighted by atomic mass is 31.2. The maximum atomic E-state index is 12.9. The van der Waals surface area contributed by atoms with Gasteiger partial charge in [-0.2, -0.15) is 0 Å². The van der Waals surface area contributed by atoms with Crippen molar-refractivity contribution in [1.82, 2.24) is 5.32 Å². The summed E-state index contributed by atoms with van der Waals surface area (Å²) in [7, 11) is 1.52. The summed E-state index contributed by atoms with van der Waals surface area (Å²) in [6.45, 7) is 4.65. The number of aliphatic hydroxyl groups is 1. The molecular weight excluding hydrogens is 864 g/mol. The first kappa shape index (κ1) is 65.7. The number of carbonyl (C=O) groups is 1. The number of aliphatic hydroxyl groups excluding tert-OH is 1. The molecule has 0 saturated heterocycles. The Morgan fingerprint density at radius 1 is 0.515 bits per heavy atom. The average Bonchev–Trinajstić information content (AvgIpc) is 3.30. The Kier molecular flexibility index (Phi) is 48.0. The molecule has 3 atom stereocenters. The van der Waals surface area contributed by atoms with E-state index in [-0.39, 0.29) is 19.1 Å². The van der Waals surface area contributed by atoms with Crippen molar-refractivity contribution in [2.45, 2.75) is 244 Å².